The van der Waals surface area contributed by atoms with Crippen LogP contribution in [0.3, 0.4) is 0 Å². The number of benzene rings is 2. The van der Waals surface area contributed by atoms with Crippen molar-refractivity contribution in [3.8, 4) is 0 Å². The minimum Gasteiger partial charge on any atom is -0.388 e. The number of nitrogens with one attached hydrogen (secondary N) is 2. The van der Waals surface area contributed by atoms with Crippen LogP contribution in [0.4, 0.5) is 22.7 Å². The summed E-state index contributed by atoms with van der Waals surface area (Å²) in [5.74, 6) is 0. The van der Waals surface area contributed by atoms with Crippen LogP contribution in [0, 0.1) is 0 Å². The molecule has 1 aliphatic heterocycles. The van der Waals surface area contributed by atoms with Crippen LogP contribution in [-0.4, -0.2) is 13.6 Å². The average molecular weight is 305 g/mol. The van der Waals surface area contributed by atoms with Crippen LogP contribution >= 0.6 is 0 Å². The number of hydrogen-bond acceptors (Lipinski definition) is 3. The topological polar surface area (TPSA) is 27.3 Å². The van der Waals surface area contributed by atoms with Crippen LogP contribution in [0.1, 0.15) is 24.0 Å². The van der Waals surface area contributed by atoms with Gasteiger partial charge in [0.05, 0.1) is 11.4 Å². The molecule has 0 saturated heterocycles. The predicted molar refractivity (Wildman–Crippen MR) is 98.8 cm³/mol. The van der Waals surface area contributed by atoms with E-state index >= 15 is 0 Å². The minimum absolute atomic E-state index is 0.883. The van der Waals surface area contributed by atoms with Crippen molar-refractivity contribution < 1.29 is 0 Å². The van der Waals surface area contributed by atoms with Gasteiger partial charge in [-0.25, -0.2) is 0 Å². The summed E-state index contributed by atoms with van der Waals surface area (Å²) in [6, 6.07) is 13.2. The fourth-order valence-electron chi connectivity index (χ4n) is 3.63. The van der Waals surface area contributed by atoms with E-state index in [2.05, 4.69) is 64.2 Å². The number of anilines is 4. The molecule has 3 heteroatoms. The highest BCUT2D eigenvalue weighted by atomic mass is 15.1. The summed E-state index contributed by atoms with van der Waals surface area (Å²) < 4.78 is 0. The van der Waals surface area contributed by atoms with Crippen molar-refractivity contribution in [2.24, 2.45) is 0 Å². The molecule has 0 spiro atoms. The third kappa shape index (κ3) is 2.56. The Morgan fingerprint density at radius 2 is 1.83 bits per heavy atom. The quantitative estimate of drug-likeness (QED) is 0.843. The van der Waals surface area contributed by atoms with Crippen LogP contribution in [0.5, 0.6) is 0 Å². The monoisotopic (exact) mass is 305 g/mol. The van der Waals surface area contributed by atoms with E-state index < -0.39 is 0 Å². The minimum atomic E-state index is 0.883. The Labute approximate surface area is 138 Å². The van der Waals surface area contributed by atoms with Crippen molar-refractivity contribution in [2.75, 3.05) is 29.1 Å². The highest BCUT2D eigenvalue weighted by Gasteiger charge is 2.20. The van der Waals surface area contributed by atoms with Gasteiger partial charge < -0.3 is 15.5 Å². The van der Waals surface area contributed by atoms with Gasteiger partial charge in [0.15, 0.2) is 0 Å². The Hall–Kier alpha value is -2.42. The van der Waals surface area contributed by atoms with Gasteiger partial charge in [-0.15, -0.1) is 0 Å². The number of fused-ring (bicyclic) bond motifs is 3. The molecule has 0 radical (unpaired) electrons. The van der Waals surface area contributed by atoms with Gasteiger partial charge in [-0.3, -0.25) is 0 Å². The van der Waals surface area contributed by atoms with Gasteiger partial charge in [0, 0.05) is 31.2 Å². The van der Waals surface area contributed by atoms with Crippen molar-refractivity contribution in [3.63, 3.8) is 0 Å². The molecule has 0 saturated carbocycles. The predicted octanol–water partition coefficient (Wildman–Crippen LogP) is 4.68. The van der Waals surface area contributed by atoms with E-state index in [1.807, 2.05) is 7.05 Å². The van der Waals surface area contributed by atoms with E-state index in [0.717, 1.165) is 12.2 Å². The van der Waals surface area contributed by atoms with Crippen LogP contribution < -0.4 is 15.5 Å². The van der Waals surface area contributed by atoms with Crippen LogP contribution in [0.25, 0.3) is 0 Å². The van der Waals surface area contributed by atoms with Crippen molar-refractivity contribution in [1.29, 1.82) is 0 Å². The Morgan fingerprint density at radius 1 is 1.00 bits per heavy atom. The Bertz CT molecular complexity index is 731. The molecule has 2 N–H and O–H groups in total. The normalized spacial score (nSPS) is 16.1. The average Bonchev–Trinajstić information content (AvgIpc) is 2.84. The first-order valence-electron chi connectivity index (χ1n) is 8.49. The lowest BCUT2D eigenvalue weighted by molar-refractivity contribution is 0.687. The van der Waals surface area contributed by atoms with Crippen LogP contribution in [0.15, 0.2) is 48.7 Å². The van der Waals surface area contributed by atoms with E-state index in [1.54, 1.807) is 0 Å². The Kier molecular flexibility index (Phi) is 3.70. The summed E-state index contributed by atoms with van der Waals surface area (Å²) in [4.78, 5) is 2.30. The van der Waals surface area contributed by atoms with Gasteiger partial charge in [-0.2, -0.15) is 0 Å². The molecule has 2 aliphatic rings. The summed E-state index contributed by atoms with van der Waals surface area (Å²) in [7, 11) is 1.95. The van der Waals surface area contributed by atoms with Gasteiger partial charge in [0.2, 0.25) is 0 Å². The van der Waals surface area contributed by atoms with Crippen molar-refractivity contribution >= 4 is 22.7 Å². The maximum Gasteiger partial charge on any atom is 0.0690 e. The lowest BCUT2D eigenvalue weighted by Gasteiger charge is -2.27. The molecule has 4 rings (SSSR count). The molecule has 1 aliphatic carbocycles. The fraction of sp³-hybridized carbons (Fsp3) is 0.300. The van der Waals surface area contributed by atoms with Crippen molar-refractivity contribution in [2.45, 2.75) is 25.7 Å². The first kappa shape index (κ1) is 14.2. The first-order valence-corrected chi connectivity index (χ1v) is 8.49. The summed E-state index contributed by atoms with van der Waals surface area (Å²) in [5.41, 5.74) is 7.96. The SMILES string of the molecule is CNc1ccc(N2C=CCNc3c2ccc2c3CCCC2)cc1. The van der Waals surface area contributed by atoms with Crippen molar-refractivity contribution in [1.82, 2.24) is 0 Å². The molecule has 2 aromatic carbocycles. The molecule has 0 amide bonds. The molecule has 0 bridgehead atoms. The highest BCUT2D eigenvalue weighted by molar-refractivity contribution is 5.83. The molecular formula is C20H23N3. The zero-order valence-electron chi connectivity index (χ0n) is 13.6. The molecule has 23 heavy (non-hydrogen) atoms. The van der Waals surface area contributed by atoms with Gasteiger partial charge >= 0.3 is 0 Å². The zero-order valence-corrected chi connectivity index (χ0v) is 13.6. The molecule has 0 atom stereocenters. The largest absolute Gasteiger partial charge is 0.388 e. The zero-order chi connectivity index (χ0) is 15.6. The van der Waals surface area contributed by atoms with Gasteiger partial charge in [0.1, 0.15) is 0 Å². The lowest BCUT2D eigenvalue weighted by atomic mass is 9.89. The van der Waals surface area contributed by atoms with Gasteiger partial charge in [-0.1, -0.05) is 6.07 Å². The van der Waals surface area contributed by atoms with Gasteiger partial charge in [-0.05, 0) is 73.2 Å². The second-order valence-electron chi connectivity index (χ2n) is 6.24. The molecule has 0 aromatic heterocycles. The van der Waals surface area contributed by atoms with E-state index in [9.17, 15) is 0 Å². The molecular weight excluding hydrogens is 282 g/mol. The van der Waals surface area contributed by atoms with Crippen LogP contribution in [-0.2, 0) is 12.8 Å². The molecule has 118 valence electrons. The van der Waals surface area contributed by atoms with Crippen molar-refractivity contribution in [3.05, 3.63) is 59.8 Å². The summed E-state index contributed by atoms with van der Waals surface area (Å²) in [5, 5.41) is 6.82. The summed E-state index contributed by atoms with van der Waals surface area (Å²) in [6.07, 6.45) is 9.41. The molecule has 2 aromatic rings. The third-order valence-corrected chi connectivity index (χ3v) is 4.86. The highest BCUT2D eigenvalue weighted by Crippen LogP contribution is 2.40. The Balaban J connectivity index is 1.79. The Morgan fingerprint density at radius 3 is 2.65 bits per heavy atom. The van der Waals surface area contributed by atoms with Crippen LogP contribution in [0.2, 0.25) is 0 Å². The van der Waals surface area contributed by atoms with E-state index in [4.69, 9.17) is 0 Å². The number of hydrogen-bond donors (Lipinski definition) is 2. The van der Waals surface area contributed by atoms with E-state index in [0.29, 0.717) is 0 Å². The summed E-state index contributed by atoms with van der Waals surface area (Å²) in [6.45, 7) is 0.883. The fourth-order valence-corrected chi connectivity index (χ4v) is 3.63. The molecule has 0 fully saturated rings. The second-order valence-corrected chi connectivity index (χ2v) is 6.24. The molecule has 1 heterocycles. The van der Waals surface area contributed by atoms with Gasteiger partial charge in [0.25, 0.3) is 0 Å². The smallest absolute Gasteiger partial charge is 0.0690 e. The standard InChI is InChI=1S/C20H23N3/c1-21-16-8-10-17(11-9-16)23-14-4-13-22-20-18-6-3-2-5-15(18)7-12-19(20)23/h4,7-12,14,21-22H,2-3,5-6,13H2,1H3. The molecule has 3 nitrogen and oxygen atoms in total. The summed E-state index contributed by atoms with van der Waals surface area (Å²) >= 11 is 0. The number of nitrogens with zero attached hydrogens (tertiary/aromatic N) is 1. The number of rotatable bonds is 2. The molecule has 0 unspecified atom stereocenters. The lowest BCUT2D eigenvalue weighted by Crippen LogP contribution is -2.13. The van der Waals surface area contributed by atoms with E-state index in [1.165, 1.54) is 53.9 Å². The van der Waals surface area contributed by atoms with E-state index in [-0.39, 0.29) is 0 Å². The second kappa shape index (κ2) is 5.99. The maximum absolute atomic E-state index is 3.63. The third-order valence-electron chi connectivity index (χ3n) is 4.86. The number of aryl methyl sites for hydroxylation is 1. The maximum atomic E-state index is 3.63. The first-order chi connectivity index (χ1) is 11.4.